The van der Waals surface area contributed by atoms with Crippen molar-refractivity contribution in [1.29, 1.82) is 0 Å². The highest BCUT2D eigenvalue weighted by molar-refractivity contribution is 5.32. The van der Waals surface area contributed by atoms with Crippen LogP contribution in [0, 0.1) is 5.82 Å². The number of hydrogen-bond acceptors (Lipinski definition) is 2. The second-order valence-corrected chi connectivity index (χ2v) is 4.96. The minimum absolute atomic E-state index is 0.0288. The Labute approximate surface area is 101 Å². The highest BCUT2D eigenvalue weighted by atomic mass is 19.1. The van der Waals surface area contributed by atoms with Crippen molar-refractivity contribution >= 4 is 0 Å². The fourth-order valence-electron chi connectivity index (χ4n) is 1.43. The van der Waals surface area contributed by atoms with Gasteiger partial charge < -0.3 is 10.1 Å². The van der Waals surface area contributed by atoms with Crippen LogP contribution in [0.3, 0.4) is 0 Å². The Morgan fingerprint density at radius 3 is 2.53 bits per heavy atom. The molecule has 1 atom stereocenters. The Morgan fingerprint density at radius 1 is 1.35 bits per heavy atom. The monoisotopic (exact) mass is 243 g/mol. The molecule has 1 unspecified atom stereocenters. The van der Waals surface area contributed by atoms with Crippen LogP contribution in [0.25, 0.3) is 0 Å². The Kier molecular flexibility index (Phi) is 4.46. The van der Waals surface area contributed by atoms with Gasteiger partial charge in [0.25, 0.3) is 0 Å². The van der Waals surface area contributed by atoms with Crippen LogP contribution in [-0.4, -0.2) is 19.2 Å². The van der Waals surface area contributed by atoms with Crippen molar-refractivity contribution in [3.63, 3.8) is 0 Å². The maximum atomic E-state index is 13.9. The largest absolute Gasteiger partial charge is 0.494 e. The number of ether oxygens (including phenoxy) is 1. The van der Waals surface area contributed by atoms with Crippen LogP contribution >= 0.6 is 0 Å². The van der Waals surface area contributed by atoms with Crippen molar-refractivity contribution in [2.75, 3.05) is 13.7 Å². The van der Waals surface area contributed by atoms with Crippen molar-refractivity contribution in [3.8, 4) is 5.75 Å². The Hall–Kier alpha value is -1.16. The van der Waals surface area contributed by atoms with Gasteiger partial charge in [-0.3, -0.25) is 0 Å². The highest BCUT2D eigenvalue weighted by Gasteiger charge is 2.19. The third-order valence-electron chi connectivity index (χ3n) is 2.36. The fraction of sp³-hybridized carbons (Fsp3) is 0.538. The summed E-state index contributed by atoms with van der Waals surface area (Å²) in [5, 5.41) is 3.00. The molecule has 0 heterocycles. The molecule has 1 aromatic rings. The van der Waals surface area contributed by atoms with Crippen molar-refractivity contribution in [2.45, 2.75) is 32.5 Å². The second kappa shape index (κ2) is 5.45. The SMILES string of the molecule is COc1cccc(C(F)CNC(C)(C)C)c1F. The number of rotatable bonds is 4. The third-order valence-corrected chi connectivity index (χ3v) is 2.36. The van der Waals surface area contributed by atoms with E-state index in [4.69, 9.17) is 4.74 Å². The molecule has 0 fully saturated rings. The predicted octanol–water partition coefficient (Wildman–Crippen LogP) is 3.23. The molecule has 0 saturated carbocycles. The molecule has 0 aliphatic carbocycles. The summed E-state index contributed by atoms with van der Waals surface area (Å²) < 4.78 is 32.5. The molecule has 0 amide bonds. The molecule has 96 valence electrons. The molecule has 2 nitrogen and oxygen atoms in total. The Bertz CT molecular complexity index is 374. The van der Waals surface area contributed by atoms with E-state index in [1.54, 1.807) is 6.07 Å². The van der Waals surface area contributed by atoms with E-state index < -0.39 is 12.0 Å². The van der Waals surface area contributed by atoms with Gasteiger partial charge in [-0.25, -0.2) is 8.78 Å². The van der Waals surface area contributed by atoms with Crippen LogP contribution in [0.4, 0.5) is 8.78 Å². The summed E-state index contributed by atoms with van der Waals surface area (Å²) in [6.45, 7) is 5.87. The van der Waals surface area contributed by atoms with Crippen molar-refractivity contribution in [2.24, 2.45) is 0 Å². The highest BCUT2D eigenvalue weighted by Crippen LogP contribution is 2.27. The van der Waals surface area contributed by atoms with Crippen molar-refractivity contribution in [1.82, 2.24) is 5.32 Å². The third kappa shape index (κ3) is 3.97. The van der Waals surface area contributed by atoms with Crippen molar-refractivity contribution < 1.29 is 13.5 Å². The lowest BCUT2D eigenvalue weighted by molar-refractivity contribution is 0.281. The molecule has 17 heavy (non-hydrogen) atoms. The van der Waals surface area contributed by atoms with Crippen molar-refractivity contribution in [3.05, 3.63) is 29.6 Å². The van der Waals surface area contributed by atoms with Gasteiger partial charge >= 0.3 is 0 Å². The summed E-state index contributed by atoms with van der Waals surface area (Å²) in [6.07, 6.45) is -1.38. The maximum absolute atomic E-state index is 13.9. The van der Waals surface area contributed by atoms with Crippen LogP contribution < -0.4 is 10.1 Å². The Morgan fingerprint density at radius 2 is 2.00 bits per heavy atom. The average Bonchev–Trinajstić information content (AvgIpc) is 2.25. The first-order valence-electron chi connectivity index (χ1n) is 5.56. The molecule has 0 aliphatic heterocycles. The number of halogens is 2. The fourth-order valence-corrected chi connectivity index (χ4v) is 1.43. The molecule has 4 heteroatoms. The maximum Gasteiger partial charge on any atom is 0.171 e. The standard InChI is InChI=1S/C13H19F2NO/c1-13(2,3)16-8-10(14)9-6-5-7-11(17-4)12(9)15/h5-7,10,16H,8H2,1-4H3. The summed E-state index contributed by atoms with van der Waals surface area (Å²) in [7, 11) is 1.36. The van der Waals surface area contributed by atoms with Gasteiger partial charge in [-0.1, -0.05) is 12.1 Å². The van der Waals surface area contributed by atoms with Gasteiger partial charge in [0.1, 0.15) is 6.17 Å². The van der Waals surface area contributed by atoms with Gasteiger partial charge in [0.15, 0.2) is 11.6 Å². The van der Waals surface area contributed by atoms with E-state index in [9.17, 15) is 8.78 Å². The molecular formula is C13H19F2NO. The summed E-state index contributed by atoms with van der Waals surface area (Å²) >= 11 is 0. The number of alkyl halides is 1. The van der Waals surface area contributed by atoms with Gasteiger partial charge in [-0.2, -0.15) is 0 Å². The van der Waals surface area contributed by atoms with Crippen LogP contribution in [0.15, 0.2) is 18.2 Å². The first kappa shape index (κ1) is 13.9. The molecule has 1 rings (SSSR count). The van der Waals surface area contributed by atoms with E-state index in [0.717, 1.165) is 0 Å². The number of nitrogens with one attached hydrogen (secondary N) is 1. The van der Waals surface area contributed by atoms with E-state index in [0.29, 0.717) is 0 Å². The first-order valence-corrected chi connectivity index (χ1v) is 5.56. The van der Waals surface area contributed by atoms with E-state index >= 15 is 0 Å². The zero-order chi connectivity index (χ0) is 13.1. The normalized spacial score (nSPS) is 13.5. The summed E-state index contributed by atoms with van der Waals surface area (Å²) in [5.41, 5.74) is -0.166. The van der Waals surface area contributed by atoms with Crippen LogP contribution in [0.2, 0.25) is 0 Å². The molecule has 0 radical (unpaired) electrons. The van der Waals surface area contributed by atoms with Crippen LogP contribution in [0.5, 0.6) is 5.75 Å². The van der Waals surface area contributed by atoms with Crippen LogP contribution in [0.1, 0.15) is 32.5 Å². The van der Waals surface area contributed by atoms with Gasteiger partial charge in [-0.05, 0) is 26.8 Å². The minimum Gasteiger partial charge on any atom is -0.494 e. The summed E-state index contributed by atoms with van der Waals surface area (Å²) in [4.78, 5) is 0. The zero-order valence-corrected chi connectivity index (χ0v) is 10.7. The van der Waals surface area contributed by atoms with Gasteiger partial charge in [0, 0.05) is 17.6 Å². The van der Waals surface area contributed by atoms with Gasteiger partial charge in [0.05, 0.1) is 7.11 Å². The molecule has 0 aliphatic rings. The van der Waals surface area contributed by atoms with Gasteiger partial charge in [0.2, 0.25) is 0 Å². The average molecular weight is 243 g/mol. The lowest BCUT2D eigenvalue weighted by Gasteiger charge is -2.22. The summed E-state index contributed by atoms with van der Waals surface area (Å²) in [5.74, 6) is -0.556. The minimum atomic E-state index is -1.38. The quantitative estimate of drug-likeness (QED) is 0.876. The Balaban J connectivity index is 2.79. The van der Waals surface area contributed by atoms with E-state index in [1.165, 1.54) is 19.2 Å². The molecular weight excluding hydrogens is 224 g/mol. The lowest BCUT2D eigenvalue weighted by Crippen LogP contribution is -2.38. The first-order chi connectivity index (χ1) is 7.85. The topological polar surface area (TPSA) is 21.3 Å². The molecule has 0 bridgehead atoms. The number of methoxy groups -OCH3 is 1. The predicted molar refractivity (Wildman–Crippen MR) is 64.6 cm³/mol. The summed E-state index contributed by atoms with van der Waals surface area (Å²) in [6, 6.07) is 4.50. The van der Waals surface area contributed by atoms with E-state index in [1.807, 2.05) is 20.8 Å². The van der Waals surface area contributed by atoms with E-state index in [-0.39, 0.29) is 23.4 Å². The van der Waals surface area contributed by atoms with Gasteiger partial charge in [-0.15, -0.1) is 0 Å². The molecule has 1 N–H and O–H groups in total. The molecule has 0 aromatic heterocycles. The van der Waals surface area contributed by atoms with E-state index in [2.05, 4.69) is 5.32 Å². The second-order valence-electron chi connectivity index (χ2n) is 4.96. The lowest BCUT2D eigenvalue weighted by atomic mass is 10.1. The molecule has 0 saturated heterocycles. The zero-order valence-electron chi connectivity index (χ0n) is 10.7. The molecule has 0 spiro atoms. The van der Waals surface area contributed by atoms with Crippen LogP contribution in [-0.2, 0) is 0 Å². The number of hydrogen-bond donors (Lipinski definition) is 1. The molecule has 1 aromatic carbocycles. The number of benzene rings is 1. The smallest absolute Gasteiger partial charge is 0.171 e.